The Hall–Kier alpha value is -0.380. The number of ether oxygens (including phenoxy) is 1. The Morgan fingerprint density at radius 1 is 1.40 bits per heavy atom. The lowest BCUT2D eigenvalue weighted by Crippen LogP contribution is -2.38. The van der Waals surface area contributed by atoms with Crippen molar-refractivity contribution in [2.75, 3.05) is 26.2 Å². The largest absolute Gasteiger partial charge is 0.369 e. The SMILES string of the molecule is c1csc(CCN2CCC3(CC2)CO3)c1. The van der Waals surface area contributed by atoms with Crippen LogP contribution < -0.4 is 0 Å². The molecule has 0 atom stereocenters. The van der Waals surface area contributed by atoms with Gasteiger partial charge in [0.25, 0.3) is 0 Å². The monoisotopic (exact) mass is 223 g/mol. The van der Waals surface area contributed by atoms with E-state index in [1.807, 2.05) is 11.3 Å². The fourth-order valence-electron chi connectivity index (χ4n) is 2.30. The highest BCUT2D eigenvalue weighted by atomic mass is 32.1. The van der Waals surface area contributed by atoms with Crippen molar-refractivity contribution in [2.45, 2.75) is 24.9 Å². The Morgan fingerprint density at radius 2 is 2.20 bits per heavy atom. The third-order valence-electron chi connectivity index (χ3n) is 3.57. The average molecular weight is 223 g/mol. The number of hydrogen-bond acceptors (Lipinski definition) is 3. The van der Waals surface area contributed by atoms with Gasteiger partial charge in [0.05, 0.1) is 12.2 Å². The van der Waals surface area contributed by atoms with Gasteiger partial charge in [-0.15, -0.1) is 11.3 Å². The Balaban J connectivity index is 1.45. The molecular weight excluding hydrogens is 206 g/mol. The van der Waals surface area contributed by atoms with Crippen LogP contribution in [0.4, 0.5) is 0 Å². The van der Waals surface area contributed by atoms with Crippen LogP contribution in [0.25, 0.3) is 0 Å². The first kappa shape index (κ1) is 9.82. The summed E-state index contributed by atoms with van der Waals surface area (Å²) in [7, 11) is 0. The van der Waals surface area contributed by atoms with E-state index in [1.165, 1.54) is 43.8 Å². The molecule has 0 aromatic carbocycles. The van der Waals surface area contributed by atoms with Gasteiger partial charge in [0.2, 0.25) is 0 Å². The third kappa shape index (κ3) is 2.25. The van der Waals surface area contributed by atoms with E-state index in [2.05, 4.69) is 22.4 Å². The van der Waals surface area contributed by atoms with Gasteiger partial charge in [0, 0.05) is 24.5 Å². The lowest BCUT2D eigenvalue weighted by atomic mass is 9.98. The predicted octanol–water partition coefficient (Wildman–Crippen LogP) is 2.16. The lowest BCUT2D eigenvalue weighted by molar-refractivity contribution is 0.148. The maximum absolute atomic E-state index is 5.51. The fraction of sp³-hybridized carbons (Fsp3) is 0.667. The molecule has 3 heteroatoms. The number of piperidine rings is 1. The zero-order valence-corrected chi connectivity index (χ0v) is 9.76. The molecule has 82 valence electrons. The van der Waals surface area contributed by atoms with Gasteiger partial charge in [-0.05, 0) is 30.7 Å². The van der Waals surface area contributed by atoms with E-state index < -0.39 is 0 Å². The lowest BCUT2D eigenvalue weighted by Gasteiger charge is -2.30. The molecule has 2 saturated heterocycles. The van der Waals surface area contributed by atoms with Crippen LogP contribution in [0.5, 0.6) is 0 Å². The van der Waals surface area contributed by atoms with E-state index >= 15 is 0 Å². The van der Waals surface area contributed by atoms with Crippen molar-refractivity contribution >= 4 is 11.3 Å². The summed E-state index contributed by atoms with van der Waals surface area (Å²) in [5.41, 5.74) is 0.333. The zero-order valence-electron chi connectivity index (χ0n) is 8.95. The standard InChI is InChI=1S/C12H17NOS/c1-2-11(15-9-1)3-6-13-7-4-12(5-8-13)10-14-12/h1-2,9H,3-8,10H2. The predicted molar refractivity (Wildman–Crippen MR) is 62.4 cm³/mol. The second-order valence-electron chi connectivity index (χ2n) is 4.64. The Bertz CT molecular complexity index is 308. The molecule has 2 aliphatic rings. The topological polar surface area (TPSA) is 15.8 Å². The third-order valence-corrected chi connectivity index (χ3v) is 4.51. The van der Waals surface area contributed by atoms with Crippen LogP contribution in [0.15, 0.2) is 17.5 Å². The van der Waals surface area contributed by atoms with Crippen LogP contribution in [0, 0.1) is 0 Å². The maximum Gasteiger partial charge on any atom is 0.0940 e. The van der Waals surface area contributed by atoms with Gasteiger partial charge in [0.1, 0.15) is 0 Å². The van der Waals surface area contributed by atoms with Crippen LogP contribution in [-0.4, -0.2) is 36.7 Å². The summed E-state index contributed by atoms with van der Waals surface area (Å²) in [5, 5.41) is 2.17. The molecule has 0 amide bonds. The highest BCUT2D eigenvalue weighted by Gasteiger charge is 2.46. The number of rotatable bonds is 3. The molecule has 2 aliphatic heterocycles. The molecule has 0 radical (unpaired) electrons. The van der Waals surface area contributed by atoms with Crippen molar-refractivity contribution in [3.63, 3.8) is 0 Å². The summed E-state index contributed by atoms with van der Waals surface area (Å²) in [4.78, 5) is 4.09. The Morgan fingerprint density at radius 3 is 2.80 bits per heavy atom. The molecule has 1 spiro atoms. The first-order valence-corrected chi connectivity index (χ1v) is 6.63. The molecule has 0 bridgehead atoms. The van der Waals surface area contributed by atoms with Crippen LogP contribution >= 0.6 is 11.3 Å². The summed E-state index contributed by atoms with van der Waals surface area (Å²) in [6, 6.07) is 4.38. The summed E-state index contributed by atoms with van der Waals surface area (Å²) in [6.45, 7) is 4.69. The Labute approximate surface area is 94.9 Å². The molecule has 2 fully saturated rings. The molecule has 0 saturated carbocycles. The maximum atomic E-state index is 5.51. The summed E-state index contributed by atoms with van der Waals surface area (Å²) in [6.07, 6.45) is 3.71. The van der Waals surface area contributed by atoms with Crippen molar-refractivity contribution in [3.8, 4) is 0 Å². The summed E-state index contributed by atoms with van der Waals surface area (Å²) in [5.74, 6) is 0. The minimum Gasteiger partial charge on any atom is -0.369 e. The van der Waals surface area contributed by atoms with Crippen molar-refractivity contribution in [1.82, 2.24) is 4.90 Å². The van der Waals surface area contributed by atoms with Gasteiger partial charge in [-0.3, -0.25) is 0 Å². The van der Waals surface area contributed by atoms with E-state index in [1.54, 1.807) is 0 Å². The number of hydrogen-bond donors (Lipinski definition) is 0. The molecular formula is C12H17NOS. The second-order valence-corrected chi connectivity index (χ2v) is 5.67. The number of thiophene rings is 1. The molecule has 0 N–H and O–H groups in total. The number of likely N-dealkylation sites (tertiary alicyclic amines) is 1. The van der Waals surface area contributed by atoms with E-state index in [-0.39, 0.29) is 0 Å². The van der Waals surface area contributed by atoms with E-state index in [4.69, 9.17) is 4.74 Å². The van der Waals surface area contributed by atoms with Gasteiger partial charge >= 0.3 is 0 Å². The van der Waals surface area contributed by atoms with Crippen LogP contribution in [0.3, 0.4) is 0 Å². The van der Waals surface area contributed by atoms with Crippen LogP contribution in [0.1, 0.15) is 17.7 Å². The smallest absolute Gasteiger partial charge is 0.0940 e. The normalized spacial score (nSPS) is 24.5. The second kappa shape index (κ2) is 3.89. The highest BCUT2D eigenvalue weighted by molar-refractivity contribution is 7.09. The van der Waals surface area contributed by atoms with Crippen LogP contribution in [0.2, 0.25) is 0 Å². The van der Waals surface area contributed by atoms with Crippen molar-refractivity contribution in [2.24, 2.45) is 0 Å². The van der Waals surface area contributed by atoms with Crippen molar-refractivity contribution in [1.29, 1.82) is 0 Å². The van der Waals surface area contributed by atoms with Gasteiger partial charge in [-0.1, -0.05) is 6.07 Å². The van der Waals surface area contributed by atoms with Gasteiger partial charge in [0.15, 0.2) is 0 Å². The fourth-order valence-corrected chi connectivity index (χ4v) is 3.00. The number of nitrogens with zero attached hydrogens (tertiary/aromatic N) is 1. The quantitative estimate of drug-likeness (QED) is 0.730. The summed E-state index contributed by atoms with van der Waals surface area (Å²) < 4.78 is 5.51. The van der Waals surface area contributed by atoms with Crippen LogP contribution in [-0.2, 0) is 11.2 Å². The average Bonchev–Trinajstić information content (AvgIpc) is 2.81. The first-order valence-electron chi connectivity index (χ1n) is 5.75. The Kier molecular flexibility index (Phi) is 2.54. The molecule has 3 heterocycles. The molecule has 0 aliphatic carbocycles. The molecule has 2 nitrogen and oxygen atoms in total. The molecule has 1 aromatic rings. The molecule has 0 unspecified atom stereocenters. The first-order chi connectivity index (χ1) is 7.36. The minimum atomic E-state index is 0.333. The van der Waals surface area contributed by atoms with E-state index in [9.17, 15) is 0 Å². The van der Waals surface area contributed by atoms with Gasteiger partial charge in [-0.25, -0.2) is 0 Å². The van der Waals surface area contributed by atoms with Gasteiger partial charge in [-0.2, -0.15) is 0 Å². The zero-order chi connectivity index (χ0) is 10.1. The molecule has 15 heavy (non-hydrogen) atoms. The summed E-state index contributed by atoms with van der Waals surface area (Å²) >= 11 is 1.87. The van der Waals surface area contributed by atoms with E-state index in [0.717, 1.165) is 6.61 Å². The minimum absolute atomic E-state index is 0.333. The van der Waals surface area contributed by atoms with Gasteiger partial charge < -0.3 is 9.64 Å². The molecule has 1 aromatic heterocycles. The van der Waals surface area contributed by atoms with Crippen molar-refractivity contribution in [3.05, 3.63) is 22.4 Å². The van der Waals surface area contributed by atoms with Crippen molar-refractivity contribution < 1.29 is 4.74 Å². The highest BCUT2D eigenvalue weighted by Crippen LogP contribution is 2.37. The van der Waals surface area contributed by atoms with E-state index in [0.29, 0.717) is 5.60 Å². The number of epoxide rings is 1. The molecule has 3 rings (SSSR count).